The van der Waals surface area contributed by atoms with Crippen LogP contribution in [0.4, 0.5) is 19.1 Å². The number of nitrogens with one attached hydrogen (secondary N) is 1. The first-order valence-electron chi connectivity index (χ1n) is 3.77. The predicted octanol–water partition coefficient (Wildman–Crippen LogP) is 0.654. The number of halogens is 3. The predicted molar refractivity (Wildman–Crippen MR) is 42.5 cm³/mol. The van der Waals surface area contributed by atoms with Crippen molar-refractivity contribution in [1.82, 2.24) is 9.97 Å². The second kappa shape index (κ2) is 4.75. The summed E-state index contributed by atoms with van der Waals surface area (Å²) >= 11 is 0. The van der Waals surface area contributed by atoms with Crippen molar-refractivity contribution in [2.75, 3.05) is 11.9 Å². The van der Waals surface area contributed by atoms with Gasteiger partial charge in [0.2, 0.25) is 5.95 Å². The SMILES string of the molecule is OC(CNc1ncc(F)cn1)C(F)F. The van der Waals surface area contributed by atoms with Crippen LogP contribution in [0.5, 0.6) is 0 Å². The van der Waals surface area contributed by atoms with E-state index in [0.29, 0.717) is 0 Å². The summed E-state index contributed by atoms with van der Waals surface area (Å²) in [6.45, 7) is -0.386. The van der Waals surface area contributed by atoms with Gasteiger partial charge in [-0.1, -0.05) is 0 Å². The van der Waals surface area contributed by atoms with E-state index in [1.807, 2.05) is 0 Å². The van der Waals surface area contributed by atoms with Gasteiger partial charge in [0.1, 0.15) is 6.10 Å². The van der Waals surface area contributed by atoms with Crippen molar-refractivity contribution < 1.29 is 18.3 Å². The van der Waals surface area contributed by atoms with Crippen LogP contribution in [0.3, 0.4) is 0 Å². The summed E-state index contributed by atoms with van der Waals surface area (Å²) in [5.74, 6) is -0.629. The highest BCUT2D eigenvalue weighted by Crippen LogP contribution is 2.02. The van der Waals surface area contributed by atoms with Gasteiger partial charge in [0.15, 0.2) is 5.82 Å². The van der Waals surface area contributed by atoms with E-state index in [1.165, 1.54) is 0 Å². The van der Waals surface area contributed by atoms with Gasteiger partial charge in [0.05, 0.1) is 12.4 Å². The standard InChI is InChI=1S/C7H8F3N3O/c8-4-1-11-7(12-2-4)13-3-5(14)6(9)10/h1-2,5-6,14H,3H2,(H,11,12,13). The van der Waals surface area contributed by atoms with Gasteiger partial charge in [-0.2, -0.15) is 0 Å². The lowest BCUT2D eigenvalue weighted by molar-refractivity contribution is 0.00376. The Morgan fingerprint density at radius 3 is 2.43 bits per heavy atom. The molecule has 0 aliphatic carbocycles. The highest BCUT2D eigenvalue weighted by molar-refractivity contribution is 5.22. The zero-order valence-corrected chi connectivity index (χ0v) is 6.99. The lowest BCUT2D eigenvalue weighted by Crippen LogP contribution is -2.27. The van der Waals surface area contributed by atoms with E-state index >= 15 is 0 Å². The van der Waals surface area contributed by atoms with Gasteiger partial charge in [0, 0.05) is 6.54 Å². The molecular weight excluding hydrogens is 199 g/mol. The molecule has 0 spiro atoms. The van der Waals surface area contributed by atoms with Gasteiger partial charge in [-0.05, 0) is 0 Å². The third-order valence-corrected chi connectivity index (χ3v) is 1.38. The molecule has 78 valence electrons. The van der Waals surface area contributed by atoms with Crippen LogP contribution < -0.4 is 5.32 Å². The summed E-state index contributed by atoms with van der Waals surface area (Å²) in [6.07, 6.45) is -2.83. The molecule has 0 amide bonds. The summed E-state index contributed by atoms with van der Waals surface area (Å²) in [4.78, 5) is 6.91. The Balaban J connectivity index is 2.42. The van der Waals surface area contributed by atoms with Gasteiger partial charge in [-0.3, -0.25) is 0 Å². The Bertz CT molecular complexity index is 280. The van der Waals surface area contributed by atoms with Gasteiger partial charge < -0.3 is 10.4 Å². The average Bonchev–Trinajstić information content (AvgIpc) is 2.16. The molecule has 0 saturated carbocycles. The molecule has 0 aromatic carbocycles. The largest absolute Gasteiger partial charge is 0.385 e. The van der Waals surface area contributed by atoms with Crippen molar-refractivity contribution in [2.45, 2.75) is 12.5 Å². The Morgan fingerprint density at radius 1 is 1.36 bits per heavy atom. The van der Waals surface area contributed by atoms with Crippen molar-refractivity contribution in [1.29, 1.82) is 0 Å². The topological polar surface area (TPSA) is 58.0 Å². The van der Waals surface area contributed by atoms with E-state index in [9.17, 15) is 13.2 Å². The molecule has 1 rings (SSSR count). The first-order valence-corrected chi connectivity index (χ1v) is 3.77. The smallest absolute Gasteiger partial charge is 0.265 e. The van der Waals surface area contributed by atoms with Gasteiger partial charge in [-0.25, -0.2) is 23.1 Å². The zero-order valence-electron chi connectivity index (χ0n) is 6.99. The van der Waals surface area contributed by atoms with E-state index < -0.39 is 18.3 Å². The molecule has 1 unspecified atom stereocenters. The highest BCUT2D eigenvalue weighted by atomic mass is 19.3. The Labute approximate surface area is 77.8 Å². The molecule has 1 aromatic rings. The second-order valence-electron chi connectivity index (χ2n) is 2.51. The second-order valence-corrected chi connectivity index (χ2v) is 2.51. The molecule has 0 bridgehead atoms. The van der Waals surface area contributed by atoms with E-state index in [0.717, 1.165) is 12.4 Å². The van der Waals surface area contributed by atoms with Crippen LogP contribution in [0.1, 0.15) is 0 Å². The molecule has 1 heterocycles. The monoisotopic (exact) mass is 207 g/mol. The fourth-order valence-corrected chi connectivity index (χ4v) is 0.689. The fourth-order valence-electron chi connectivity index (χ4n) is 0.689. The summed E-state index contributed by atoms with van der Waals surface area (Å²) in [6, 6.07) is 0. The number of hydrogen-bond donors (Lipinski definition) is 2. The zero-order chi connectivity index (χ0) is 10.6. The first-order chi connectivity index (χ1) is 6.59. The lowest BCUT2D eigenvalue weighted by Gasteiger charge is -2.09. The molecule has 0 fully saturated rings. The van der Waals surface area contributed by atoms with E-state index in [-0.39, 0.29) is 12.5 Å². The van der Waals surface area contributed by atoms with Gasteiger partial charge in [0.25, 0.3) is 6.43 Å². The number of rotatable bonds is 4. The summed E-state index contributed by atoms with van der Waals surface area (Å²) in [7, 11) is 0. The number of alkyl halides is 2. The molecule has 0 radical (unpaired) electrons. The number of hydrogen-bond acceptors (Lipinski definition) is 4. The lowest BCUT2D eigenvalue weighted by atomic mass is 10.4. The van der Waals surface area contributed by atoms with Crippen LogP contribution >= 0.6 is 0 Å². The third-order valence-electron chi connectivity index (χ3n) is 1.38. The molecule has 1 atom stereocenters. The Kier molecular flexibility index (Phi) is 3.63. The first kappa shape index (κ1) is 10.7. The van der Waals surface area contributed by atoms with Crippen molar-refractivity contribution in [3.05, 3.63) is 18.2 Å². The van der Waals surface area contributed by atoms with Crippen LogP contribution in [0, 0.1) is 5.82 Å². The molecule has 1 aromatic heterocycles. The molecular formula is C7H8F3N3O. The van der Waals surface area contributed by atoms with Crippen molar-refractivity contribution in [3.63, 3.8) is 0 Å². The summed E-state index contributed by atoms with van der Waals surface area (Å²) in [5.41, 5.74) is 0. The highest BCUT2D eigenvalue weighted by Gasteiger charge is 2.16. The minimum Gasteiger partial charge on any atom is -0.385 e. The number of anilines is 1. The van der Waals surface area contributed by atoms with E-state index in [4.69, 9.17) is 5.11 Å². The molecule has 14 heavy (non-hydrogen) atoms. The molecule has 2 N–H and O–H groups in total. The third kappa shape index (κ3) is 3.17. The van der Waals surface area contributed by atoms with E-state index in [2.05, 4.69) is 15.3 Å². The minimum atomic E-state index is -2.83. The van der Waals surface area contributed by atoms with Gasteiger partial charge in [-0.15, -0.1) is 0 Å². The quantitative estimate of drug-likeness (QED) is 0.761. The minimum absolute atomic E-state index is 0.00824. The van der Waals surface area contributed by atoms with Crippen molar-refractivity contribution >= 4 is 5.95 Å². The molecule has 4 nitrogen and oxygen atoms in total. The number of aromatic nitrogens is 2. The van der Waals surface area contributed by atoms with Crippen molar-refractivity contribution in [2.24, 2.45) is 0 Å². The summed E-state index contributed by atoms with van der Waals surface area (Å²) < 4.78 is 35.9. The van der Waals surface area contributed by atoms with Crippen LogP contribution in [0.15, 0.2) is 12.4 Å². The number of nitrogens with zero attached hydrogens (tertiary/aromatic N) is 2. The maximum Gasteiger partial charge on any atom is 0.265 e. The maximum absolute atomic E-state index is 12.3. The number of aliphatic hydroxyl groups excluding tert-OH is 1. The average molecular weight is 207 g/mol. The van der Waals surface area contributed by atoms with E-state index in [1.54, 1.807) is 0 Å². The Morgan fingerprint density at radius 2 is 1.93 bits per heavy atom. The van der Waals surface area contributed by atoms with Crippen LogP contribution in [0.2, 0.25) is 0 Å². The van der Waals surface area contributed by atoms with Crippen LogP contribution in [-0.2, 0) is 0 Å². The van der Waals surface area contributed by atoms with Gasteiger partial charge >= 0.3 is 0 Å². The fraction of sp³-hybridized carbons (Fsp3) is 0.429. The maximum atomic E-state index is 12.3. The Hall–Kier alpha value is -1.37. The molecule has 7 heteroatoms. The van der Waals surface area contributed by atoms with Crippen LogP contribution in [0.25, 0.3) is 0 Å². The number of aliphatic hydroxyl groups is 1. The van der Waals surface area contributed by atoms with Crippen molar-refractivity contribution in [3.8, 4) is 0 Å². The normalized spacial score (nSPS) is 12.9. The van der Waals surface area contributed by atoms with Crippen LogP contribution in [-0.4, -0.2) is 34.1 Å². The molecule has 0 aliphatic heterocycles. The molecule has 0 saturated heterocycles. The summed E-state index contributed by atoms with van der Waals surface area (Å²) in [5, 5.41) is 11.0. The molecule has 0 aliphatic rings.